The zero-order valence-corrected chi connectivity index (χ0v) is 20.3. The first-order valence-electron chi connectivity index (χ1n) is 10.5. The van der Waals surface area contributed by atoms with E-state index in [0.717, 1.165) is 32.7 Å². The first-order valence-corrected chi connectivity index (χ1v) is 12.0. The van der Waals surface area contributed by atoms with Crippen LogP contribution >= 0.6 is 46.4 Å². The zero-order chi connectivity index (χ0) is 22.9. The topological polar surface area (TPSA) is 34.3 Å². The summed E-state index contributed by atoms with van der Waals surface area (Å²) in [4.78, 5) is 0. The van der Waals surface area contributed by atoms with Crippen molar-refractivity contribution in [2.45, 2.75) is 20.2 Å². The fourth-order valence-corrected chi connectivity index (χ4v) is 6.05. The molecule has 2 unspecified atom stereocenters. The molecule has 2 saturated heterocycles. The highest BCUT2D eigenvalue weighted by atomic mass is 35.5. The molecule has 168 valence electrons. The zero-order valence-electron chi connectivity index (χ0n) is 17.2. The molecule has 0 amide bonds. The number of rotatable bonds is 6. The van der Waals surface area contributed by atoms with Gasteiger partial charge >= 0.3 is 0 Å². The molecule has 7 heteroatoms. The van der Waals surface area contributed by atoms with Crippen LogP contribution in [0.1, 0.15) is 11.1 Å². The lowest BCUT2D eigenvalue weighted by molar-refractivity contribution is -0.0555. The number of halogens is 4. The summed E-state index contributed by atoms with van der Waals surface area (Å²) < 4.78 is 14.1. The molecule has 2 aliphatic rings. The van der Waals surface area contributed by atoms with E-state index in [1.54, 1.807) is 0 Å². The normalized spacial score (nSPS) is 24.8. The quantitative estimate of drug-likeness (QED) is 0.196. The average Bonchev–Trinajstić information content (AvgIpc) is 3.71. The second-order valence-corrected chi connectivity index (χ2v) is 10.9. The van der Waals surface area contributed by atoms with Crippen LogP contribution in [0, 0.1) is 0 Å². The molecule has 4 aromatic carbocycles. The molecule has 4 aromatic rings. The van der Waals surface area contributed by atoms with Crippen LogP contribution in [0.15, 0.2) is 84.9 Å². The van der Waals surface area contributed by atoms with Gasteiger partial charge in [0.2, 0.25) is 0 Å². The van der Waals surface area contributed by atoms with Gasteiger partial charge in [0.25, 0.3) is 9.04 Å². The van der Waals surface area contributed by atoms with Crippen LogP contribution in [0.4, 0.5) is 0 Å². The number of fused-ring (bicyclic) bond motifs is 2. The van der Waals surface area contributed by atoms with Crippen LogP contribution in [-0.4, -0.2) is 22.3 Å². The maximum Gasteiger partial charge on any atom is 0.256 e. The molecule has 0 saturated carbocycles. The van der Waals surface area contributed by atoms with Crippen molar-refractivity contribution in [3.8, 4) is 0 Å². The van der Waals surface area contributed by atoms with Crippen molar-refractivity contribution < 1.29 is 14.2 Å². The maximum absolute atomic E-state index is 6.84. The van der Waals surface area contributed by atoms with Gasteiger partial charge in [0, 0.05) is 0 Å². The molecule has 0 bridgehead atoms. The van der Waals surface area contributed by atoms with E-state index >= 15 is 0 Å². The minimum Gasteiger partial charge on any atom is -0.358 e. The average molecular weight is 520 g/mol. The van der Waals surface area contributed by atoms with Crippen molar-refractivity contribution in [1.82, 2.24) is 0 Å². The predicted molar refractivity (Wildman–Crippen MR) is 133 cm³/mol. The SMILES string of the molecule is ClC(Cl)(OC(Cl)(Cl)C1(c2cccc3ccccc23)CO1)C1(c2cccc3ccccc23)CO1. The second kappa shape index (κ2) is 7.47. The molecule has 2 fully saturated rings. The van der Waals surface area contributed by atoms with E-state index < -0.39 is 20.2 Å². The van der Waals surface area contributed by atoms with E-state index in [9.17, 15) is 0 Å². The van der Waals surface area contributed by atoms with Gasteiger partial charge in [0.05, 0.1) is 13.2 Å². The van der Waals surface area contributed by atoms with E-state index in [4.69, 9.17) is 60.6 Å². The van der Waals surface area contributed by atoms with Gasteiger partial charge in [-0.15, -0.1) is 0 Å². The van der Waals surface area contributed by atoms with Crippen molar-refractivity contribution in [3.05, 3.63) is 96.1 Å². The summed E-state index contributed by atoms with van der Waals surface area (Å²) in [5, 5.41) is 4.01. The van der Waals surface area contributed by atoms with Crippen LogP contribution in [0.5, 0.6) is 0 Å². The lowest BCUT2D eigenvalue weighted by Crippen LogP contribution is -2.46. The van der Waals surface area contributed by atoms with Crippen molar-refractivity contribution in [2.75, 3.05) is 13.2 Å². The van der Waals surface area contributed by atoms with Gasteiger partial charge < -0.3 is 14.2 Å². The third-order valence-corrected chi connectivity index (χ3v) is 8.04. The van der Waals surface area contributed by atoms with E-state index in [1.165, 1.54) is 0 Å². The van der Waals surface area contributed by atoms with Crippen LogP contribution < -0.4 is 0 Å². The minimum absolute atomic E-state index is 0.264. The van der Waals surface area contributed by atoms with Crippen molar-refractivity contribution in [1.29, 1.82) is 0 Å². The number of benzene rings is 4. The molecule has 33 heavy (non-hydrogen) atoms. The summed E-state index contributed by atoms with van der Waals surface area (Å²) in [5.74, 6) is 0. The molecule has 3 nitrogen and oxygen atoms in total. The standard InChI is InChI=1S/C26H18Cl4O3/c27-25(28,23(15-31-23)21-13-5-9-17-7-1-3-11-19(17)21)33-26(29,30)24(16-32-24)22-14-6-10-18-8-2-4-12-20(18)22/h1-14H,15-16H2. The molecule has 0 spiro atoms. The smallest absolute Gasteiger partial charge is 0.256 e. The van der Waals surface area contributed by atoms with Gasteiger partial charge in [-0.25, -0.2) is 0 Å². The number of hydrogen-bond acceptors (Lipinski definition) is 3. The number of epoxide rings is 2. The first kappa shape index (κ1) is 21.9. The lowest BCUT2D eigenvalue weighted by atomic mass is 9.93. The largest absolute Gasteiger partial charge is 0.358 e. The van der Waals surface area contributed by atoms with E-state index in [2.05, 4.69) is 0 Å². The first-order chi connectivity index (χ1) is 15.8. The molecule has 6 rings (SSSR count). The highest BCUT2D eigenvalue weighted by molar-refractivity contribution is 6.51. The number of hydrogen-bond donors (Lipinski definition) is 0. The fraction of sp³-hybridized carbons (Fsp3) is 0.231. The molecule has 0 aliphatic carbocycles. The third kappa shape index (κ3) is 3.30. The Morgan fingerprint density at radius 2 is 0.939 bits per heavy atom. The van der Waals surface area contributed by atoms with Crippen LogP contribution in [0.3, 0.4) is 0 Å². The summed E-state index contributed by atoms with van der Waals surface area (Å²) >= 11 is 27.4. The molecule has 2 aliphatic heterocycles. The summed E-state index contributed by atoms with van der Waals surface area (Å²) in [6.45, 7) is 0.528. The van der Waals surface area contributed by atoms with Gasteiger partial charge in [0.1, 0.15) is 0 Å². The van der Waals surface area contributed by atoms with Crippen molar-refractivity contribution >= 4 is 67.9 Å². The Bertz CT molecular complexity index is 1260. The maximum atomic E-state index is 6.84. The van der Waals surface area contributed by atoms with Gasteiger partial charge in [0.15, 0.2) is 11.2 Å². The van der Waals surface area contributed by atoms with E-state index in [1.807, 2.05) is 84.9 Å². The van der Waals surface area contributed by atoms with E-state index in [-0.39, 0.29) is 13.2 Å². The summed E-state index contributed by atoms with van der Waals surface area (Å²) in [5.41, 5.74) is -0.627. The lowest BCUT2D eigenvalue weighted by Gasteiger charge is -2.36. The van der Waals surface area contributed by atoms with E-state index in [0.29, 0.717) is 0 Å². The summed E-state index contributed by atoms with van der Waals surface area (Å²) in [6.07, 6.45) is 0. The number of alkyl halides is 4. The Kier molecular flexibility index (Phi) is 4.96. The van der Waals surface area contributed by atoms with Crippen LogP contribution in [0.25, 0.3) is 21.5 Å². The van der Waals surface area contributed by atoms with Crippen molar-refractivity contribution in [2.24, 2.45) is 0 Å². The van der Waals surface area contributed by atoms with Gasteiger partial charge in [-0.1, -0.05) is 131 Å². The van der Waals surface area contributed by atoms with Gasteiger partial charge in [-0.2, -0.15) is 0 Å². The second-order valence-electron chi connectivity index (χ2n) is 8.42. The van der Waals surface area contributed by atoms with Gasteiger partial charge in [-0.05, 0) is 32.7 Å². The molecular formula is C26H18Cl4O3. The molecule has 2 heterocycles. The minimum atomic E-state index is -1.88. The molecule has 0 radical (unpaired) electrons. The Balaban J connectivity index is 1.39. The number of ether oxygens (including phenoxy) is 3. The Morgan fingerprint density at radius 3 is 1.33 bits per heavy atom. The molecule has 0 aromatic heterocycles. The van der Waals surface area contributed by atoms with Crippen LogP contribution in [0.2, 0.25) is 0 Å². The molecular weight excluding hydrogens is 502 g/mol. The third-order valence-electron chi connectivity index (χ3n) is 6.51. The predicted octanol–water partition coefficient (Wildman–Crippen LogP) is 7.42. The Labute approximate surface area is 211 Å². The molecule has 0 N–H and O–H groups in total. The van der Waals surface area contributed by atoms with Crippen molar-refractivity contribution in [3.63, 3.8) is 0 Å². The Morgan fingerprint density at radius 1 is 0.576 bits per heavy atom. The molecule has 2 atom stereocenters. The highest BCUT2D eigenvalue weighted by Crippen LogP contribution is 2.62. The van der Waals surface area contributed by atoms with Crippen LogP contribution in [-0.2, 0) is 25.4 Å². The summed E-state index contributed by atoms with van der Waals surface area (Å²) in [6, 6.07) is 27.6. The fourth-order valence-electron chi connectivity index (χ4n) is 4.59. The summed E-state index contributed by atoms with van der Waals surface area (Å²) in [7, 11) is 0. The van der Waals surface area contributed by atoms with Gasteiger partial charge in [-0.3, -0.25) is 0 Å². The Hall–Kier alpha value is -1.56. The highest BCUT2D eigenvalue weighted by Gasteiger charge is 2.71. The monoisotopic (exact) mass is 518 g/mol.